The predicted molar refractivity (Wildman–Crippen MR) is 83.6 cm³/mol. The molecule has 0 spiro atoms. The molecule has 0 aromatic carbocycles. The third-order valence-corrected chi connectivity index (χ3v) is 4.24. The second-order valence-electron chi connectivity index (χ2n) is 6.41. The Morgan fingerprint density at radius 2 is 2.10 bits per heavy atom. The molecule has 0 unspecified atom stereocenters. The normalized spacial score (nSPS) is 17.1. The van der Waals surface area contributed by atoms with Gasteiger partial charge in [-0.2, -0.15) is 0 Å². The molecule has 1 saturated carbocycles. The highest BCUT2D eigenvalue weighted by Gasteiger charge is 2.34. The Kier molecular flexibility index (Phi) is 4.77. The van der Waals surface area contributed by atoms with Crippen LogP contribution in [0.15, 0.2) is 12.3 Å². The van der Waals surface area contributed by atoms with E-state index in [2.05, 4.69) is 29.3 Å². The molecule has 6 nitrogen and oxygen atoms in total. The maximum atomic E-state index is 10.8. The number of pyridine rings is 1. The van der Waals surface area contributed by atoms with Crippen molar-refractivity contribution in [3.8, 4) is 0 Å². The van der Waals surface area contributed by atoms with Crippen LogP contribution in [-0.4, -0.2) is 42.0 Å². The fraction of sp³-hybridized carbons (Fsp3) is 0.667. The maximum absolute atomic E-state index is 10.8. The molecule has 0 radical (unpaired) electrons. The summed E-state index contributed by atoms with van der Waals surface area (Å²) < 4.78 is 0. The summed E-state index contributed by atoms with van der Waals surface area (Å²) >= 11 is 0. The molecule has 116 valence electrons. The van der Waals surface area contributed by atoms with E-state index in [1.165, 1.54) is 31.9 Å². The van der Waals surface area contributed by atoms with Gasteiger partial charge in [-0.05, 0) is 39.9 Å². The number of anilines is 1. The second-order valence-corrected chi connectivity index (χ2v) is 6.41. The molecule has 1 aromatic heterocycles. The molecule has 1 aromatic rings. The molecule has 6 heteroatoms. The zero-order chi connectivity index (χ0) is 15.5. The monoisotopic (exact) mass is 292 g/mol. The smallest absolute Gasteiger partial charge is 0.290 e. The summed E-state index contributed by atoms with van der Waals surface area (Å²) in [5.41, 5.74) is 1.01. The number of nitrogens with zero attached hydrogens (tertiary/aromatic N) is 3. The fourth-order valence-corrected chi connectivity index (χ4v) is 3.30. The molecule has 0 saturated heterocycles. The van der Waals surface area contributed by atoms with E-state index in [1.807, 2.05) is 0 Å². The van der Waals surface area contributed by atoms with Crippen LogP contribution in [0.25, 0.3) is 0 Å². The largest absolute Gasteiger partial charge is 0.369 e. The molecule has 0 amide bonds. The van der Waals surface area contributed by atoms with Crippen LogP contribution in [0.5, 0.6) is 0 Å². The first kappa shape index (κ1) is 15.7. The van der Waals surface area contributed by atoms with E-state index in [0.717, 1.165) is 18.9 Å². The predicted octanol–water partition coefficient (Wildman–Crippen LogP) is 2.83. The van der Waals surface area contributed by atoms with Gasteiger partial charge in [-0.3, -0.25) is 10.1 Å². The first-order valence-corrected chi connectivity index (χ1v) is 7.42. The minimum absolute atomic E-state index is 0.0735. The molecular formula is C15H24N4O2. The van der Waals surface area contributed by atoms with Crippen LogP contribution < -0.4 is 5.32 Å². The molecule has 1 fully saturated rings. The van der Waals surface area contributed by atoms with Gasteiger partial charge in [0.1, 0.15) is 12.0 Å². The highest BCUT2D eigenvalue weighted by Crippen LogP contribution is 2.38. The van der Waals surface area contributed by atoms with E-state index in [1.54, 1.807) is 13.0 Å². The molecule has 0 bridgehead atoms. The topological polar surface area (TPSA) is 71.3 Å². The van der Waals surface area contributed by atoms with Gasteiger partial charge in [0.05, 0.1) is 4.92 Å². The number of nitro groups is 1. The minimum atomic E-state index is -0.392. The van der Waals surface area contributed by atoms with Crippen LogP contribution in [0.2, 0.25) is 0 Å². The van der Waals surface area contributed by atoms with Gasteiger partial charge >= 0.3 is 0 Å². The summed E-state index contributed by atoms with van der Waals surface area (Å²) in [5, 5.41) is 14.2. The standard InChI is InChI=1S/C15H24N4O2/c1-12-8-14(16-9-13(12)19(20)21)17-10-15(11-18(2)3)6-4-5-7-15/h8-9H,4-7,10-11H2,1-3H3,(H,16,17). The average molecular weight is 292 g/mol. The number of aryl methyl sites for hydroxylation is 1. The van der Waals surface area contributed by atoms with Gasteiger partial charge in [0.15, 0.2) is 0 Å². The quantitative estimate of drug-likeness (QED) is 0.645. The number of aromatic nitrogens is 1. The van der Waals surface area contributed by atoms with Crippen molar-refractivity contribution in [2.75, 3.05) is 32.5 Å². The van der Waals surface area contributed by atoms with Gasteiger partial charge in [0, 0.05) is 24.1 Å². The van der Waals surface area contributed by atoms with E-state index in [0.29, 0.717) is 11.0 Å². The Labute approximate surface area is 125 Å². The Bertz CT molecular complexity index is 510. The van der Waals surface area contributed by atoms with Gasteiger partial charge in [0.25, 0.3) is 5.69 Å². The Morgan fingerprint density at radius 1 is 1.43 bits per heavy atom. The lowest BCUT2D eigenvalue weighted by Gasteiger charge is -2.32. The highest BCUT2D eigenvalue weighted by molar-refractivity contribution is 5.46. The average Bonchev–Trinajstić information content (AvgIpc) is 2.84. The molecule has 2 rings (SSSR count). The molecule has 1 N–H and O–H groups in total. The van der Waals surface area contributed by atoms with Gasteiger partial charge in [-0.1, -0.05) is 12.8 Å². The molecule has 21 heavy (non-hydrogen) atoms. The van der Waals surface area contributed by atoms with Crippen LogP contribution >= 0.6 is 0 Å². The van der Waals surface area contributed by atoms with Gasteiger partial charge in [-0.25, -0.2) is 4.98 Å². The second kappa shape index (κ2) is 6.39. The van der Waals surface area contributed by atoms with Crippen LogP contribution in [0.1, 0.15) is 31.2 Å². The lowest BCUT2D eigenvalue weighted by molar-refractivity contribution is -0.385. The van der Waals surface area contributed by atoms with Gasteiger partial charge in [-0.15, -0.1) is 0 Å². The minimum Gasteiger partial charge on any atom is -0.369 e. The number of hydrogen-bond donors (Lipinski definition) is 1. The maximum Gasteiger partial charge on any atom is 0.290 e. The molecular weight excluding hydrogens is 268 g/mol. The first-order valence-electron chi connectivity index (χ1n) is 7.42. The van der Waals surface area contributed by atoms with Crippen LogP contribution in [0, 0.1) is 22.5 Å². The number of rotatable bonds is 6. The van der Waals surface area contributed by atoms with Crippen molar-refractivity contribution in [1.29, 1.82) is 0 Å². The van der Waals surface area contributed by atoms with E-state index in [4.69, 9.17) is 0 Å². The van der Waals surface area contributed by atoms with E-state index < -0.39 is 4.92 Å². The summed E-state index contributed by atoms with van der Waals surface area (Å²) in [6.45, 7) is 3.68. The lowest BCUT2D eigenvalue weighted by Crippen LogP contribution is -2.37. The van der Waals surface area contributed by atoms with Crippen molar-refractivity contribution in [2.45, 2.75) is 32.6 Å². The third-order valence-electron chi connectivity index (χ3n) is 4.24. The van der Waals surface area contributed by atoms with Crippen molar-refractivity contribution in [3.63, 3.8) is 0 Å². The number of nitrogens with one attached hydrogen (secondary N) is 1. The summed E-state index contributed by atoms with van der Waals surface area (Å²) in [5.74, 6) is 0.725. The summed E-state index contributed by atoms with van der Waals surface area (Å²) in [4.78, 5) is 16.8. The zero-order valence-corrected chi connectivity index (χ0v) is 13.1. The molecule has 1 heterocycles. The van der Waals surface area contributed by atoms with Crippen molar-refractivity contribution in [2.24, 2.45) is 5.41 Å². The Balaban J connectivity index is 2.04. The van der Waals surface area contributed by atoms with Gasteiger partial charge in [0.2, 0.25) is 0 Å². The van der Waals surface area contributed by atoms with E-state index in [9.17, 15) is 10.1 Å². The SMILES string of the molecule is Cc1cc(NCC2(CN(C)C)CCCC2)ncc1[N+](=O)[O-]. The van der Waals surface area contributed by atoms with E-state index in [-0.39, 0.29) is 5.69 Å². The summed E-state index contributed by atoms with van der Waals surface area (Å²) in [6, 6.07) is 1.76. The fourth-order valence-electron chi connectivity index (χ4n) is 3.30. The van der Waals surface area contributed by atoms with Crippen LogP contribution in [-0.2, 0) is 0 Å². The highest BCUT2D eigenvalue weighted by atomic mass is 16.6. The Morgan fingerprint density at radius 3 is 2.62 bits per heavy atom. The van der Waals surface area contributed by atoms with Crippen LogP contribution in [0.3, 0.4) is 0 Å². The summed E-state index contributed by atoms with van der Waals surface area (Å²) in [7, 11) is 4.21. The van der Waals surface area contributed by atoms with Crippen LogP contribution in [0.4, 0.5) is 11.5 Å². The molecule has 0 aliphatic heterocycles. The Hall–Kier alpha value is -1.69. The lowest BCUT2D eigenvalue weighted by atomic mass is 9.85. The van der Waals surface area contributed by atoms with E-state index >= 15 is 0 Å². The van der Waals surface area contributed by atoms with Crippen molar-refractivity contribution in [3.05, 3.63) is 27.9 Å². The van der Waals surface area contributed by atoms with Crippen molar-refractivity contribution < 1.29 is 4.92 Å². The van der Waals surface area contributed by atoms with Crippen molar-refractivity contribution >= 4 is 11.5 Å². The number of hydrogen-bond acceptors (Lipinski definition) is 5. The first-order chi connectivity index (χ1) is 9.92. The molecule has 1 aliphatic carbocycles. The molecule has 1 aliphatic rings. The third kappa shape index (κ3) is 3.91. The molecule has 0 atom stereocenters. The summed E-state index contributed by atoms with van der Waals surface area (Å²) in [6.07, 6.45) is 6.35. The van der Waals surface area contributed by atoms with Crippen molar-refractivity contribution in [1.82, 2.24) is 9.88 Å². The van der Waals surface area contributed by atoms with Gasteiger partial charge < -0.3 is 10.2 Å². The zero-order valence-electron chi connectivity index (χ0n) is 13.1.